The summed E-state index contributed by atoms with van der Waals surface area (Å²) in [6.45, 7) is 0.298. The van der Waals surface area contributed by atoms with Gasteiger partial charge in [-0.15, -0.1) is 0 Å². The number of nitrogens with one attached hydrogen (secondary N) is 4. The van der Waals surface area contributed by atoms with Crippen molar-refractivity contribution in [1.82, 2.24) is 15.2 Å². The summed E-state index contributed by atoms with van der Waals surface area (Å²) in [5, 5.41) is 14.0. The molecule has 0 unspecified atom stereocenters. The Labute approximate surface area is 167 Å². The molecule has 9 nitrogen and oxygen atoms in total. The molecule has 0 atom stereocenters. The van der Waals surface area contributed by atoms with Crippen molar-refractivity contribution in [3.05, 3.63) is 65.6 Å². The van der Waals surface area contributed by atoms with Gasteiger partial charge in [0.25, 0.3) is 5.91 Å². The quantitative estimate of drug-likeness (QED) is 0.418. The first-order valence-corrected chi connectivity index (χ1v) is 8.50. The molecule has 0 aliphatic rings. The largest absolute Gasteiger partial charge is 0.416 e. The van der Waals surface area contributed by atoms with Gasteiger partial charge in [0, 0.05) is 24.6 Å². The summed E-state index contributed by atoms with van der Waals surface area (Å²) in [6, 6.07) is 7.50. The summed E-state index contributed by atoms with van der Waals surface area (Å²) in [5.74, 6) is -0.923. The fourth-order valence-electron chi connectivity index (χ4n) is 2.52. The molecule has 30 heavy (non-hydrogen) atoms. The number of benzene rings is 1. The summed E-state index contributed by atoms with van der Waals surface area (Å²) in [6.07, 6.45) is -2.10. The monoisotopic (exact) mass is 419 g/mol. The molecule has 0 saturated carbocycles. The van der Waals surface area contributed by atoms with Gasteiger partial charge in [-0.05, 0) is 29.8 Å². The minimum Gasteiger partial charge on any atom is -0.378 e. The molecule has 0 bridgehead atoms. The Balaban J connectivity index is 1.61. The highest BCUT2D eigenvalue weighted by atomic mass is 19.4. The van der Waals surface area contributed by atoms with E-state index in [0.717, 1.165) is 23.9 Å². The van der Waals surface area contributed by atoms with E-state index in [-0.39, 0.29) is 11.5 Å². The number of carbonyl (C=O) groups excluding carboxylic acids is 2. The Morgan fingerprint density at radius 1 is 1.13 bits per heavy atom. The van der Waals surface area contributed by atoms with Crippen molar-refractivity contribution in [2.75, 3.05) is 16.0 Å². The molecule has 2 heterocycles. The fourth-order valence-corrected chi connectivity index (χ4v) is 2.52. The lowest BCUT2D eigenvalue weighted by atomic mass is 10.2. The van der Waals surface area contributed by atoms with Crippen LogP contribution >= 0.6 is 0 Å². The number of hydrogen-bond donors (Lipinski definition) is 5. The maximum absolute atomic E-state index is 12.7. The molecule has 6 N–H and O–H groups in total. The molecule has 3 rings (SSSR count). The maximum atomic E-state index is 12.7. The predicted molar refractivity (Wildman–Crippen MR) is 103 cm³/mol. The molecule has 2 aromatic heterocycles. The van der Waals surface area contributed by atoms with Crippen LogP contribution < -0.4 is 21.7 Å². The predicted octanol–water partition coefficient (Wildman–Crippen LogP) is 3.18. The highest BCUT2D eigenvalue weighted by Gasteiger charge is 2.30. The van der Waals surface area contributed by atoms with Crippen molar-refractivity contribution in [3.8, 4) is 0 Å². The van der Waals surface area contributed by atoms with Crippen molar-refractivity contribution in [3.63, 3.8) is 0 Å². The van der Waals surface area contributed by atoms with Crippen LogP contribution in [0.3, 0.4) is 0 Å². The van der Waals surface area contributed by atoms with E-state index < -0.39 is 23.7 Å². The molecular weight excluding hydrogens is 403 g/mol. The Morgan fingerprint density at radius 2 is 1.93 bits per heavy atom. The van der Waals surface area contributed by atoms with Gasteiger partial charge in [-0.2, -0.15) is 18.3 Å². The molecule has 3 amide bonds. The second-order valence-electron chi connectivity index (χ2n) is 6.07. The van der Waals surface area contributed by atoms with Crippen molar-refractivity contribution in [1.29, 1.82) is 0 Å². The number of amides is 3. The van der Waals surface area contributed by atoms with Crippen LogP contribution in [-0.4, -0.2) is 27.1 Å². The molecule has 0 spiro atoms. The van der Waals surface area contributed by atoms with Gasteiger partial charge in [0.2, 0.25) is 0 Å². The topological polar surface area (TPSA) is 138 Å². The zero-order valence-corrected chi connectivity index (χ0v) is 15.2. The van der Waals surface area contributed by atoms with E-state index in [9.17, 15) is 22.8 Å². The Bertz CT molecular complexity index is 1070. The van der Waals surface area contributed by atoms with E-state index >= 15 is 0 Å². The van der Waals surface area contributed by atoms with E-state index in [0.29, 0.717) is 17.9 Å². The van der Waals surface area contributed by atoms with Crippen LogP contribution in [0, 0.1) is 0 Å². The summed E-state index contributed by atoms with van der Waals surface area (Å²) in [4.78, 5) is 27.1. The summed E-state index contributed by atoms with van der Waals surface area (Å²) < 4.78 is 38.2. The van der Waals surface area contributed by atoms with Crippen molar-refractivity contribution in [2.45, 2.75) is 12.7 Å². The van der Waals surface area contributed by atoms with Gasteiger partial charge in [-0.3, -0.25) is 15.2 Å². The summed E-state index contributed by atoms with van der Waals surface area (Å²) in [7, 11) is 0. The Kier molecular flexibility index (Phi) is 5.85. The van der Waals surface area contributed by atoms with E-state index in [1.165, 1.54) is 6.20 Å². The number of nitrogens with two attached hydrogens (primary N) is 1. The zero-order chi connectivity index (χ0) is 21.7. The zero-order valence-electron chi connectivity index (χ0n) is 15.2. The van der Waals surface area contributed by atoms with E-state index in [1.54, 1.807) is 24.3 Å². The van der Waals surface area contributed by atoms with Gasteiger partial charge in [-0.25, -0.2) is 9.78 Å². The molecule has 12 heteroatoms. The van der Waals surface area contributed by atoms with Crippen LogP contribution in [0.4, 0.5) is 35.2 Å². The molecule has 0 aliphatic heterocycles. The highest BCUT2D eigenvalue weighted by Crippen LogP contribution is 2.29. The van der Waals surface area contributed by atoms with Crippen LogP contribution in [0.25, 0.3) is 0 Å². The number of urea groups is 1. The molecule has 0 aliphatic carbocycles. The number of hydrogen-bond acceptors (Lipinski definition) is 5. The minimum atomic E-state index is -4.54. The molecule has 3 aromatic rings. The molecule has 1 aromatic carbocycles. The average molecular weight is 419 g/mol. The number of halogens is 3. The van der Waals surface area contributed by atoms with Gasteiger partial charge in [0.05, 0.1) is 11.3 Å². The number of alkyl halides is 3. The number of primary amides is 1. The fraction of sp³-hybridized carbons (Fsp3) is 0.111. The van der Waals surface area contributed by atoms with Gasteiger partial charge < -0.3 is 16.4 Å². The molecule has 0 fully saturated rings. The van der Waals surface area contributed by atoms with Crippen LogP contribution in [0.2, 0.25) is 0 Å². The SMILES string of the molecule is NC(=O)c1n[nH]cc1NCc1cccc(NC(=O)Nc2cc(C(F)(F)F)ccn2)c1. The lowest BCUT2D eigenvalue weighted by Crippen LogP contribution is -2.20. The third kappa shape index (κ3) is 5.25. The number of aromatic amines is 1. The minimum absolute atomic E-state index is 0.0669. The van der Waals surface area contributed by atoms with Crippen LogP contribution in [0.1, 0.15) is 21.6 Å². The number of pyridine rings is 1. The van der Waals surface area contributed by atoms with Crippen LogP contribution in [0.5, 0.6) is 0 Å². The van der Waals surface area contributed by atoms with E-state index in [4.69, 9.17) is 5.73 Å². The van der Waals surface area contributed by atoms with Gasteiger partial charge in [0.1, 0.15) is 5.82 Å². The third-order valence-corrected chi connectivity index (χ3v) is 3.87. The first kappa shape index (κ1) is 20.6. The van der Waals surface area contributed by atoms with Crippen LogP contribution in [-0.2, 0) is 12.7 Å². The second-order valence-corrected chi connectivity index (χ2v) is 6.07. The molecule has 0 saturated heterocycles. The van der Waals surface area contributed by atoms with Gasteiger partial charge in [-0.1, -0.05) is 12.1 Å². The highest BCUT2D eigenvalue weighted by molar-refractivity contribution is 5.99. The maximum Gasteiger partial charge on any atom is 0.416 e. The molecule has 0 radical (unpaired) electrons. The van der Waals surface area contributed by atoms with Crippen LogP contribution in [0.15, 0.2) is 48.8 Å². The standard InChI is InChI=1S/C18H16F3N7O2/c19-18(20,21)11-4-5-23-14(7-11)27-17(30)26-12-3-1-2-10(6-12)8-24-13-9-25-28-15(13)16(22)29/h1-7,9,24H,8H2,(H2,22,29)(H,25,28)(H2,23,26,27,30). The van der Waals surface area contributed by atoms with Crippen molar-refractivity contribution >= 4 is 29.1 Å². The average Bonchev–Trinajstić information content (AvgIpc) is 3.15. The smallest absolute Gasteiger partial charge is 0.378 e. The first-order chi connectivity index (χ1) is 14.2. The first-order valence-electron chi connectivity index (χ1n) is 8.50. The number of carbonyl (C=O) groups is 2. The Hall–Kier alpha value is -4.09. The number of H-pyrrole nitrogens is 1. The number of rotatable bonds is 6. The van der Waals surface area contributed by atoms with E-state index in [2.05, 4.69) is 31.1 Å². The summed E-state index contributed by atoms with van der Waals surface area (Å²) >= 11 is 0. The Morgan fingerprint density at radius 3 is 2.67 bits per heavy atom. The van der Waals surface area contributed by atoms with Gasteiger partial charge in [0.15, 0.2) is 5.69 Å². The molecule has 156 valence electrons. The van der Waals surface area contributed by atoms with E-state index in [1.807, 2.05) is 0 Å². The van der Waals surface area contributed by atoms with Gasteiger partial charge >= 0.3 is 12.2 Å². The lowest BCUT2D eigenvalue weighted by molar-refractivity contribution is -0.137. The number of nitrogens with zero attached hydrogens (tertiary/aromatic N) is 2. The van der Waals surface area contributed by atoms with Crippen molar-refractivity contribution < 1.29 is 22.8 Å². The van der Waals surface area contributed by atoms with Crippen molar-refractivity contribution in [2.24, 2.45) is 5.73 Å². The summed E-state index contributed by atoms with van der Waals surface area (Å²) in [5.41, 5.74) is 5.95. The second kappa shape index (κ2) is 8.51. The third-order valence-electron chi connectivity index (χ3n) is 3.87. The number of anilines is 3. The number of aromatic nitrogens is 3. The lowest BCUT2D eigenvalue weighted by Gasteiger charge is -2.11. The normalized spacial score (nSPS) is 11.0. The molecular formula is C18H16F3N7O2.